The largest absolute Gasteiger partial charge is 0.378 e. The molecular weight excluding hydrogens is 316 g/mol. The monoisotopic (exact) mass is 334 g/mol. The first kappa shape index (κ1) is 15.9. The molecule has 0 radical (unpaired) electrons. The molecule has 2 saturated heterocycles. The van der Waals surface area contributed by atoms with Gasteiger partial charge in [-0.15, -0.1) is 0 Å². The highest BCUT2D eigenvalue weighted by atomic mass is 35.5. The minimum atomic E-state index is -0.148. The minimum Gasteiger partial charge on any atom is -0.378 e. The molecule has 2 aliphatic heterocycles. The van der Waals surface area contributed by atoms with Crippen molar-refractivity contribution in [1.29, 1.82) is 5.26 Å². The molecule has 122 valence electrons. The molecule has 1 amide bonds. The number of hydrogen-bond donors (Lipinski definition) is 1. The molecule has 1 aromatic rings. The maximum atomic E-state index is 12.3. The molecule has 3 rings (SSSR count). The van der Waals surface area contributed by atoms with Gasteiger partial charge in [-0.1, -0.05) is 11.6 Å². The van der Waals surface area contributed by atoms with Gasteiger partial charge in [0.15, 0.2) is 6.19 Å². The Labute approximate surface area is 140 Å². The molecule has 0 aromatic heterocycles. The van der Waals surface area contributed by atoms with Gasteiger partial charge in [-0.3, -0.25) is 4.79 Å². The summed E-state index contributed by atoms with van der Waals surface area (Å²) in [7, 11) is 0. The summed E-state index contributed by atoms with van der Waals surface area (Å²) in [5.41, 5.74) is 1.48. The van der Waals surface area contributed by atoms with Gasteiger partial charge in [0, 0.05) is 37.8 Å². The number of anilines is 1. The number of halogens is 1. The summed E-state index contributed by atoms with van der Waals surface area (Å²) >= 11 is 6.36. The van der Waals surface area contributed by atoms with Crippen LogP contribution in [0.15, 0.2) is 18.2 Å². The summed E-state index contributed by atoms with van der Waals surface area (Å²) in [6.07, 6.45) is 2.90. The highest BCUT2D eigenvalue weighted by Gasteiger charge is 2.24. The van der Waals surface area contributed by atoms with Crippen LogP contribution in [0.25, 0.3) is 0 Å². The van der Waals surface area contributed by atoms with Gasteiger partial charge in [0.25, 0.3) is 5.91 Å². The average Bonchev–Trinajstić information content (AvgIpc) is 3.03. The van der Waals surface area contributed by atoms with E-state index >= 15 is 0 Å². The zero-order chi connectivity index (χ0) is 16.2. The number of likely N-dealkylation sites (tertiary alicyclic amines) is 1. The van der Waals surface area contributed by atoms with Crippen LogP contribution in [-0.4, -0.2) is 56.2 Å². The standard InChI is InChI=1S/C16H19ClN4O2/c17-14-9-12(1-2-15(14)21-5-7-23-8-6-21)16(22)19-13-3-4-20(10-13)11-18/h1-2,9,13H,3-8,10H2,(H,19,22). The average molecular weight is 335 g/mol. The Balaban J connectivity index is 1.65. The van der Waals surface area contributed by atoms with E-state index in [4.69, 9.17) is 21.6 Å². The third-order valence-corrected chi connectivity index (χ3v) is 4.53. The first-order valence-corrected chi connectivity index (χ1v) is 8.13. The number of benzene rings is 1. The van der Waals surface area contributed by atoms with Crippen molar-refractivity contribution in [3.8, 4) is 6.19 Å². The summed E-state index contributed by atoms with van der Waals surface area (Å²) in [6, 6.07) is 5.40. The van der Waals surface area contributed by atoms with E-state index in [0.717, 1.165) is 25.2 Å². The second-order valence-corrected chi connectivity index (χ2v) is 6.18. The minimum absolute atomic E-state index is 0.0137. The molecule has 23 heavy (non-hydrogen) atoms. The number of morpholine rings is 1. The summed E-state index contributed by atoms with van der Waals surface area (Å²) in [5, 5.41) is 12.4. The van der Waals surface area contributed by atoms with E-state index in [1.165, 1.54) is 0 Å². The highest BCUT2D eigenvalue weighted by molar-refractivity contribution is 6.33. The lowest BCUT2D eigenvalue weighted by atomic mass is 10.1. The van der Waals surface area contributed by atoms with Gasteiger partial charge in [0.1, 0.15) is 0 Å². The van der Waals surface area contributed by atoms with E-state index in [2.05, 4.69) is 16.4 Å². The molecule has 7 heteroatoms. The first-order valence-electron chi connectivity index (χ1n) is 7.75. The first-order chi connectivity index (χ1) is 11.2. The molecule has 0 saturated carbocycles. The van der Waals surface area contributed by atoms with Gasteiger partial charge in [0.2, 0.25) is 0 Å². The van der Waals surface area contributed by atoms with Crippen LogP contribution in [0.5, 0.6) is 0 Å². The predicted octanol–water partition coefficient (Wildman–Crippen LogP) is 1.46. The zero-order valence-electron chi connectivity index (χ0n) is 12.8. The quantitative estimate of drug-likeness (QED) is 0.848. The fourth-order valence-corrected chi connectivity index (χ4v) is 3.25. The number of carbonyl (C=O) groups excluding carboxylic acids is 1. The van der Waals surface area contributed by atoms with Gasteiger partial charge >= 0.3 is 0 Å². The van der Waals surface area contributed by atoms with Gasteiger partial charge in [0.05, 0.1) is 23.9 Å². The van der Waals surface area contributed by atoms with Gasteiger partial charge in [-0.2, -0.15) is 5.26 Å². The predicted molar refractivity (Wildman–Crippen MR) is 87.5 cm³/mol. The lowest BCUT2D eigenvalue weighted by molar-refractivity contribution is 0.0938. The Morgan fingerprint density at radius 3 is 2.78 bits per heavy atom. The number of nitriles is 1. The van der Waals surface area contributed by atoms with Crippen molar-refractivity contribution in [2.45, 2.75) is 12.5 Å². The Morgan fingerprint density at radius 1 is 1.35 bits per heavy atom. The molecular formula is C16H19ClN4O2. The lowest BCUT2D eigenvalue weighted by Crippen LogP contribution is -2.37. The maximum Gasteiger partial charge on any atom is 0.251 e. The van der Waals surface area contributed by atoms with Crippen molar-refractivity contribution in [3.63, 3.8) is 0 Å². The molecule has 1 N–H and O–H groups in total. The topological polar surface area (TPSA) is 68.6 Å². The highest BCUT2D eigenvalue weighted by Crippen LogP contribution is 2.27. The molecule has 2 aliphatic rings. The number of ether oxygens (including phenoxy) is 1. The van der Waals surface area contributed by atoms with E-state index in [9.17, 15) is 4.79 Å². The van der Waals surface area contributed by atoms with Gasteiger partial charge in [-0.25, -0.2) is 0 Å². The van der Waals surface area contributed by atoms with Gasteiger partial charge < -0.3 is 19.9 Å². The van der Waals surface area contributed by atoms with Crippen LogP contribution in [0.3, 0.4) is 0 Å². The molecule has 0 aliphatic carbocycles. The van der Waals surface area contributed by atoms with E-state index in [1.807, 2.05) is 6.07 Å². The molecule has 2 fully saturated rings. The number of nitrogens with zero attached hydrogens (tertiary/aromatic N) is 3. The molecule has 1 unspecified atom stereocenters. The molecule has 1 atom stereocenters. The van der Waals surface area contributed by atoms with Crippen molar-refractivity contribution in [1.82, 2.24) is 10.2 Å². The van der Waals surface area contributed by atoms with E-state index in [1.54, 1.807) is 17.0 Å². The smallest absolute Gasteiger partial charge is 0.251 e. The van der Waals surface area contributed by atoms with E-state index < -0.39 is 0 Å². The Morgan fingerprint density at radius 2 is 2.13 bits per heavy atom. The fraction of sp³-hybridized carbons (Fsp3) is 0.500. The van der Waals surface area contributed by atoms with Crippen molar-refractivity contribution in [2.75, 3.05) is 44.3 Å². The van der Waals surface area contributed by atoms with Gasteiger partial charge in [-0.05, 0) is 24.6 Å². The van der Waals surface area contributed by atoms with Crippen LogP contribution in [0.4, 0.5) is 5.69 Å². The van der Waals surface area contributed by atoms with Crippen LogP contribution < -0.4 is 10.2 Å². The van der Waals surface area contributed by atoms with E-state index in [-0.39, 0.29) is 11.9 Å². The van der Waals surface area contributed by atoms with Crippen molar-refractivity contribution in [2.24, 2.45) is 0 Å². The molecule has 1 aromatic carbocycles. The third kappa shape index (κ3) is 3.69. The van der Waals surface area contributed by atoms with Crippen LogP contribution in [0.1, 0.15) is 16.8 Å². The number of carbonyl (C=O) groups is 1. The van der Waals surface area contributed by atoms with Crippen molar-refractivity contribution < 1.29 is 9.53 Å². The summed E-state index contributed by atoms with van der Waals surface area (Å²) in [6.45, 7) is 4.25. The van der Waals surface area contributed by atoms with Crippen LogP contribution in [0, 0.1) is 11.5 Å². The SMILES string of the molecule is N#CN1CCC(NC(=O)c2ccc(N3CCOCC3)c(Cl)c2)C1. The van der Waals surface area contributed by atoms with Crippen LogP contribution >= 0.6 is 11.6 Å². The summed E-state index contributed by atoms with van der Waals surface area (Å²) in [4.78, 5) is 16.1. The molecule has 2 heterocycles. The van der Waals surface area contributed by atoms with Crippen LogP contribution in [-0.2, 0) is 4.74 Å². The third-order valence-electron chi connectivity index (χ3n) is 4.23. The van der Waals surface area contributed by atoms with Crippen molar-refractivity contribution >= 4 is 23.2 Å². The second kappa shape index (κ2) is 7.07. The summed E-state index contributed by atoms with van der Waals surface area (Å²) in [5.74, 6) is -0.148. The lowest BCUT2D eigenvalue weighted by Gasteiger charge is -2.29. The molecule has 6 nitrogen and oxygen atoms in total. The number of nitrogens with one attached hydrogen (secondary N) is 1. The van der Waals surface area contributed by atoms with E-state index in [0.29, 0.717) is 36.9 Å². The number of hydrogen-bond acceptors (Lipinski definition) is 5. The Kier molecular flexibility index (Phi) is 4.89. The summed E-state index contributed by atoms with van der Waals surface area (Å²) < 4.78 is 5.34. The van der Waals surface area contributed by atoms with Crippen molar-refractivity contribution in [3.05, 3.63) is 28.8 Å². The Hall–Kier alpha value is -1.97. The molecule has 0 bridgehead atoms. The fourth-order valence-electron chi connectivity index (χ4n) is 2.95. The number of rotatable bonds is 3. The Bertz CT molecular complexity index is 625. The van der Waals surface area contributed by atoms with Crippen LogP contribution in [0.2, 0.25) is 5.02 Å². The number of amides is 1. The molecule has 0 spiro atoms. The maximum absolute atomic E-state index is 12.3. The normalized spacial score (nSPS) is 21.1. The zero-order valence-corrected chi connectivity index (χ0v) is 13.6. The second-order valence-electron chi connectivity index (χ2n) is 5.77.